The SMILES string of the molecule is Cc1nc2ccc(-c3ccc4c(c3)CN(c3nc(CNCCO)nc5c3CC(C)(C)CC5)CCO4)cc2[nH]1. The number of hydrogen-bond acceptors (Lipinski definition) is 7. The van der Waals surface area contributed by atoms with Gasteiger partial charge in [0, 0.05) is 29.9 Å². The molecule has 6 rings (SSSR count). The van der Waals surface area contributed by atoms with Crippen LogP contribution in [0.3, 0.4) is 0 Å². The van der Waals surface area contributed by atoms with Crippen molar-refractivity contribution in [2.24, 2.45) is 5.41 Å². The predicted octanol–water partition coefficient (Wildman–Crippen LogP) is 4.32. The van der Waals surface area contributed by atoms with Gasteiger partial charge in [-0.3, -0.25) is 0 Å². The summed E-state index contributed by atoms with van der Waals surface area (Å²) in [7, 11) is 0. The van der Waals surface area contributed by atoms with Gasteiger partial charge >= 0.3 is 0 Å². The molecule has 4 aromatic rings. The van der Waals surface area contributed by atoms with Crippen LogP contribution in [0, 0.1) is 12.3 Å². The lowest BCUT2D eigenvalue weighted by Crippen LogP contribution is -2.32. The number of aryl methyl sites for hydroxylation is 2. The molecule has 8 nitrogen and oxygen atoms in total. The molecule has 198 valence electrons. The van der Waals surface area contributed by atoms with Crippen LogP contribution in [0.2, 0.25) is 0 Å². The van der Waals surface area contributed by atoms with E-state index in [9.17, 15) is 5.11 Å². The number of nitrogens with zero attached hydrogens (tertiary/aromatic N) is 4. The monoisotopic (exact) mass is 512 g/mol. The van der Waals surface area contributed by atoms with Crippen LogP contribution in [0.5, 0.6) is 5.75 Å². The molecule has 3 heterocycles. The van der Waals surface area contributed by atoms with Crippen molar-refractivity contribution in [1.29, 1.82) is 0 Å². The minimum atomic E-state index is 0.0987. The Labute approximate surface area is 223 Å². The van der Waals surface area contributed by atoms with E-state index < -0.39 is 0 Å². The Balaban J connectivity index is 1.36. The van der Waals surface area contributed by atoms with E-state index in [2.05, 4.69) is 70.4 Å². The third kappa shape index (κ3) is 4.98. The molecule has 0 saturated carbocycles. The molecule has 8 heteroatoms. The summed E-state index contributed by atoms with van der Waals surface area (Å²) in [6, 6.07) is 12.9. The highest BCUT2D eigenvalue weighted by atomic mass is 16.5. The lowest BCUT2D eigenvalue weighted by atomic mass is 9.76. The number of hydrogen-bond donors (Lipinski definition) is 3. The number of ether oxygens (including phenoxy) is 1. The van der Waals surface area contributed by atoms with E-state index in [1.165, 1.54) is 5.56 Å². The largest absolute Gasteiger partial charge is 0.491 e. The number of fused-ring (bicyclic) bond motifs is 3. The fourth-order valence-electron chi connectivity index (χ4n) is 5.67. The van der Waals surface area contributed by atoms with Crippen molar-refractivity contribution in [2.45, 2.75) is 53.1 Å². The Morgan fingerprint density at radius 1 is 1.11 bits per heavy atom. The molecule has 0 bridgehead atoms. The molecular formula is C30H36N6O2. The summed E-state index contributed by atoms with van der Waals surface area (Å²) in [5.41, 5.74) is 8.15. The maximum absolute atomic E-state index is 9.20. The van der Waals surface area contributed by atoms with E-state index in [4.69, 9.17) is 14.7 Å². The summed E-state index contributed by atoms with van der Waals surface area (Å²) < 4.78 is 6.22. The van der Waals surface area contributed by atoms with Crippen LogP contribution >= 0.6 is 0 Å². The maximum Gasteiger partial charge on any atom is 0.144 e. The first-order valence-electron chi connectivity index (χ1n) is 13.6. The molecule has 2 aliphatic rings. The minimum absolute atomic E-state index is 0.0987. The summed E-state index contributed by atoms with van der Waals surface area (Å²) in [6.45, 7) is 9.91. The van der Waals surface area contributed by atoms with Crippen molar-refractivity contribution >= 4 is 16.9 Å². The van der Waals surface area contributed by atoms with Gasteiger partial charge < -0.3 is 25.0 Å². The number of aliphatic hydroxyl groups is 1. The summed E-state index contributed by atoms with van der Waals surface area (Å²) >= 11 is 0. The highest BCUT2D eigenvalue weighted by molar-refractivity contribution is 5.82. The Morgan fingerprint density at radius 3 is 2.82 bits per heavy atom. The molecule has 0 radical (unpaired) electrons. The van der Waals surface area contributed by atoms with Crippen LogP contribution in [0.1, 0.15) is 48.7 Å². The molecule has 0 amide bonds. The standard InChI is InChI=1S/C30H36N6O2/c1-19-32-25-6-4-21(15-26(25)33-19)20-5-7-27-22(14-20)18-36(11-13-38-27)29-23-16-30(2,3)9-8-24(23)34-28(35-29)17-31-10-12-37/h4-7,14-15,31,37H,8-13,16-18H2,1-3H3,(H,32,33). The number of aromatic amines is 1. The highest BCUT2D eigenvalue weighted by Crippen LogP contribution is 2.39. The average molecular weight is 513 g/mol. The third-order valence-corrected chi connectivity index (χ3v) is 7.66. The van der Waals surface area contributed by atoms with Crippen LogP contribution in [0.15, 0.2) is 36.4 Å². The van der Waals surface area contributed by atoms with E-state index >= 15 is 0 Å². The molecule has 3 N–H and O–H groups in total. The number of nitrogens with one attached hydrogen (secondary N) is 2. The molecule has 0 saturated heterocycles. The summed E-state index contributed by atoms with van der Waals surface area (Å²) in [6.07, 6.45) is 3.05. The quantitative estimate of drug-likeness (QED) is 0.331. The number of benzene rings is 2. The molecular weight excluding hydrogens is 476 g/mol. The third-order valence-electron chi connectivity index (χ3n) is 7.66. The summed E-state index contributed by atoms with van der Waals surface area (Å²) in [5.74, 6) is 3.67. The van der Waals surface area contributed by atoms with E-state index in [-0.39, 0.29) is 12.0 Å². The summed E-state index contributed by atoms with van der Waals surface area (Å²) in [4.78, 5) is 20.3. The first kappa shape index (κ1) is 24.8. The van der Waals surface area contributed by atoms with E-state index in [1.54, 1.807) is 0 Å². The van der Waals surface area contributed by atoms with Crippen LogP contribution in [0.4, 0.5) is 5.82 Å². The lowest BCUT2D eigenvalue weighted by molar-refractivity contribution is 0.291. The molecule has 0 fully saturated rings. The average Bonchev–Trinajstić information content (AvgIpc) is 3.14. The second-order valence-electron chi connectivity index (χ2n) is 11.3. The van der Waals surface area contributed by atoms with Crippen LogP contribution in [0.25, 0.3) is 22.2 Å². The fourth-order valence-corrected chi connectivity index (χ4v) is 5.67. The molecule has 0 spiro atoms. The first-order valence-corrected chi connectivity index (χ1v) is 13.6. The molecule has 0 atom stereocenters. The van der Waals surface area contributed by atoms with Crippen LogP contribution in [-0.4, -0.2) is 51.3 Å². The second-order valence-corrected chi connectivity index (χ2v) is 11.3. The van der Waals surface area contributed by atoms with Crippen molar-refractivity contribution in [3.05, 3.63) is 64.9 Å². The van der Waals surface area contributed by atoms with Gasteiger partial charge in [0.2, 0.25) is 0 Å². The number of rotatable bonds is 6. The van der Waals surface area contributed by atoms with Gasteiger partial charge in [0.1, 0.15) is 29.8 Å². The van der Waals surface area contributed by atoms with Gasteiger partial charge in [0.25, 0.3) is 0 Å². The second kappa shape index (κ2) is 10.0. The van der Waals surface area contributed by atoms with E-state index in [0.717, 1.165) is 89.0 Å². The highest BCUT2D eigenvalue weighted by Gasteiger charge is 2.31. The van der Waals surface area contributed by atoms with E-state index in [0.29, 0.717) is 19.7 Å². The molecule has 0 unspecified atom stereocenters. The Hall–Kier alpha value is -3.49. The van der Waals surface area contributed by atoms with Crippen molar-refractivity contribution in [2.75, 3.05) is 31.2 Å². The van der Waals surface area contributed by atoms with Gasteiger partial charge in [-0.15, -0.1) is 0 Å². The molecule has 1 aliphatic heterocycles. The Kier molecular flexibility index (Phi) is 6.53. The van der Waals surface area contributed by atoms with Crippen molar-refractivity contribution in [3.8, 4) is 16.9 Å². The molecule has 1 aliphatic carbocycles. The zero-order valence-electron chi connectivity index (χ0n) is 22.5. The smallest absolute Gasteiger partial charge is 0.144 e. The zero-order valence-corrected chi connectivity index (χ0v) is 22.5. The van der Waals surface area contributed by atoms with E-state index in [1.807, 2.05) is 6.92 Å². The predicted molar refractivity (Wildman–Crippen MR) is 149 cm³/mol. The Morgan fingerprint density at radius 2 is 1.95 bits per heavy atom. The van der Waals surface area contributed by atoms with Gasteiger partial charge in [-0.1, -0.05) is 26.0 Å². The fraction of sp³-hybridized carbons (Fsp3) is 0.433. The minimum Gasteiger partial charge on any atom is -0.491 e. The molecule has 2 aromatic carbocycles. The number of anilines is 1. The Bertz CT molecular complexity index is 1480. The van der Waals surface area contributed by atoms with Gasteiger partial charge in [0.05, 0.1) is 30.7 Å². The van der Waals surface area contributed by atoms with Crippen molar-refractivity contribution in [3.63, 3.8) is 0 Å². The lowest BCUT2D eigenvalue weighted by Gasteiger charge is -2.34. The van der Waals surface area contributed by atoms with Gasteiger partial charge in [-0.05, 0) is 67.0 Å². The van der Waals surface area contributed by atoms with Gasteiger partial charge in [0.15, 0.2) is 0 Å². The molecule has 38 heavy (non-hydrogen) atoms. The van der Waals surface area contributed by atoms with Crippen molar-refractivity contribution in [1.82, 2.24) is 25.3 Å². The first-order chi connectivity index (χ1) is 18.4. The van der Waals surface area contributed by atoms with Crippen LogP contribution < -0.4 is 15.0 Å². The summed E-state index contributed by atoms with van der Waals surface area (Å²) in [5, 5.41) is 12.5. The van der Waals surface area contributed by atoms with Crippen molar-refractivity contribution < 1.29 is 9.84 Å². The maximum atomic E-state index is 9.20. The van der Waals surface area contributed by atoms with Gasteiger partial charge in [-0.2, -0.15) is 0 Å². The number of imidazole rings is 1. The molecule has 2 aromatic heterocycles. The number of H-pyrrole nitrogens is 1. The van der Waals surface area contributed by atoms with Gasteiger partial charge in [-0.25, -0.2) is 15.0 Å². The van der Waals surface area contributed by atoms with Crippen LogP contribution in [-0.2, 0) is 25.9 Å². The zero-order chi connectivity index (χ0) is 26.3. The number of aliphatic hydroxyl groups excluding tert-OH is 1. The topological polar surface area (TPSA) is 99.2 Å². The number of aromatic nitrogens is 4. The normalized spacial score (nSPS) is 16.6.